The van der Waals surface area contributed by atoms with E-state index in [9.17, 15) is 0 Å². The Morgan fingerprint density at radius 3 is 0.783 bits per heavy atom. The van der Waals surface area contributed by atoms with E-state index in [1.807, 2.05) is 0 Å². The van der Waals surface area contributed by atoms with E-state index in [0.717, 1.165) is 26.2 Å². The predicted molar refractivity (Wildman–Crippen MR) is 110 cm³/mol. The zero-order valence-corrected chi connectivity index (χ0v) is 16.9. The summed E-state index contributed by atoms with van der Waals surface area (Å²) in [6.45, 7) is 13.3. The summed E-state index contributed by atoms with van der Waals surface area (Å²) in [6, 6.07) is 0. The summed E-state index contributed by atoms with van der Waals surface area (Å²) in [5, 5.41) is 8.89. The quantitative estimate of drug-likeness (QED) is 0.214. The van der Waals surface area contributed by atoms with Gasteiger partial charge in [-0.2, -0.15) is 0 Å². The Bertz CT molecular complexity index is 132. The molecule has 0 aliphatic rings. The van der Waals surface area contributed by atoms with Crippen LogP contribution >= 0.6 is 0 Å². The number of hydrogen-bond acceptors (Lipinski definition) is 0. The summed E-state index contributed by atoms with van der Waals surface area (Å²) < 4.78 is 0. The van der Waals surface area contributed by atoms with E-state index in [0.29, 0.717) is 0 Å². The number of hydrogen-bond donors (Lipinski definition) is 0. The fourth-order valence-electron chi connectivity index (χ4n) is 2.12. The molecule has 0 fully saturated rings. The maximum absolute atomic E-state index is 4.45. The number of nitrogens with zero attached hydrogens (tertiary/aromatic N) is 2. The molecule has 0 atom stereocenters. The number of unbranched alkanes of at least 4 members (excludes halogenated alkanes) is 8. The minimum Gasteiger partial charge on any atom is -0.662 e. The zero-order chi connectivity index (χ0) is 16.7. The van der Waals surface area contributed by atoms with E-state index >= 15 is 0 Å². The zero-order valence-electron chi connectivity index (χ0n) is 16.9. The van der Waals surface area contributed by atoms with Gasteiger partial charge in [-0.15, -0.1) is 26.2 Å². The van der Waals surface area contributed by atoms with Crippen LogP contribution in [0.4, 0.5) is 0 Å². The SMILES string of the molecule is CCCCC[N-]CCCCC.CCCCC[N-]CCCCC.[Be+2]. The van der Waals surface area contributed by atoms with Crippen molar-refractivity contribution in [1.29, 1.82) is 0 Å². The average molecular weight is 322 g/mol. The third-order valence-corrected chi connectivity index (χ3v) is 3.68. The van der Waals surface area contributed by atoms with Crippen LogP contribution in [0.5, 0.6) is 0 Å². The van der Waals surface area contributed by atoms with Gasteiger partial charge in [0, 0.05) is 0 Å². The van der Waals surface area contributed by atoms with E-state index in [1.54, 1.807) is 0 Å². The molecule has 0 rings (SSSR count). The van der Waals surface area contributed by atoms with E-state index in [1.165, 1.54) is 77.0 Å². The van der Waals surface area contributed by atoms with Gasteiger partial charge in [-0.05, 0) is 0 Å². The Morgan fingerprint density at radius 1 is 0.391 bits per heavy atom. The van der Waals surface area contributed by atoms with Crippen LogP contribution in [-0.4, -0.2) is 36.3 Å². The van der Waals surface area contributed by atoms with Gasteiger partial charge in [0.15, 0.2) is 0 Å². The summed E-state index contributed by atoms with van der Waals surface area (Å²) in [6.07, 6.45) is 15.8. The minimum atomic E-state index is 0. The normalized spacial score (nSPS) is 9.91. The van der Waals surface area contributed by atoms with Crippen molar-refractivity contribution in [3.05, 3.63) is 10.6 Å². The van der Waals surface area contributed by atoms with Crippen LogP contribution in [-0.2, 0) is 0 Å². The van der Waals surface area contributed by atoms with Crippen molar-refractivity contribution in [3.8, 4) is 0 Å². The summed E-state index contributed by atoms with van der Waals surface area (Å²) in [4.78, 5) is 0. The molecular weight excluding hydrogens is 277 g/mol. The van der Waals surface area contributed by atoms with Crippen molar-refractivity contribution in [2.45, 2.75) is 105 Å². The molecule has 0 aliphatic heterocycles. The van der Waals surface area contributed by atoms with Crippen LogP contribution in [0.25, 0.3) is 10.6 Å². The van der Waals surface area contributed by atoms with Gasteiger partial charge in [0.1, 0.15) is 0 Å². The first-order valence-corrected chi connectivity index (χ1v) is 10.1. The van der Waals surface area contributed by atoms with E-state index in [4.69, 9.17) is 0 Å². The second-order valence-corrected chi connectivity index (χ2v) is 6.17. The second-order valence-electron chi connectivity index (χ2n) is 6.17. The molecule has 0 aromatic rings. The molecule has 136 valence electrons. The fraction of sp³-hybridized carbons (Fsp3) is 1.00. The average Bonchev–Trinajstić information content (AvgIpc) is 2.54. The maximum Gasteiger partial charge on any atom is 2.00 e. The molecular formula is C20H44BeN2. The van der Waals surface area contributed by atoms with Crippen LogP contribution < -0.4 is 0 Å². The predicted octanol–water partition coefficient (Wildman–Crippen LogP) is 7.10. The Labute approximate surface area is 152 Å². The largest absolute Gasteiger partial charge is 2.00 e. The van der Waals surface area contributed by atoms with Crippen LogP contribution in [0.3, 0.4) is 0 Å². The molecule has 0 radical (unpaired) electrons. The summed E-state index contributed by atoms with van der Waals surface area (Å²) in [5.41, 5.74) is 0. The van der Waals surface area contributed by atoms with Crippen molar-refractivity contribution in [3.63, 3.8) is 0 Å². The first-order chi connectivity index (χ1) is 10.8. The van der Waals surface area contributed by atoms with Gasteiger partial charge in [-0.1, -0.05) is 105 Å². The standard InChI is InChI=1S/2C10H22N.Be/c2*1-3-5-7-9-11-10-8-6-4-2;/h2*3-10H2,1-2H3;/q2*-1;+2. The molecule has 0 amide bonds. The molecule has 0 heterocycles. The Morgan fingerprint density at radius 2 is 0.609 bits per heavy atom. The molecule has 2 nitrogen and oxygen atoms in total. The number of rotatable bonds is 16. The summed E-state index contributed by atoms with van der Waals surface area (Å²) in [7, 11) is 0. The molecule has 0 aromatic carbocycles. The van der Waals surface area contributed by atoms with Gasteiger partial charge in [0.25, 0.3) is 0 Å². The Hall–Kier alpha value is 0.0888. The molecule has 0 unspecified atom stereocenters. The van der Waals surface area contributed by atoms with E-state index in [-0.39, 0.29) is 10.1 Å². The molecule has 0 spiro atoms. The van der Waals surface area contributed by atoms with Gasteiger partial charge in [0.2, 0.25) is 0 Å². The monoisotopic (exact) mass is 321 g/mol. The molecule has 0 aromatic heterocycles. The van der Waals surface area contributed by atoms with Gasteiger partial charge in [-0.25, -0.2) is 0 Å². The van der Waals surface area contributed by atoms with Crippen molar-refractivity contribution in [1.82, 2.24) is 0 Å². The van der Waals surface area contributed by atoms with Crippen molar-refractivity contribution in [2.75, 3.05) is 26.2 Å². The third kappa shape index (κ3) is 34.4. The van der Waals surface area contributed by atoms with Crippen molar-refractivity contribution >= 4 is 10.1 Å². The third-order valence-electron chi connectivity index (χ3n) is 3.68. The first-order valence-electron chi connectivity index (χ1n) is 10.1. The van der Waals surface area contributed by atoms with Gasteiger partial charge < -0.3 is 10.6 Å². The van der Waals surface area contributed by atoms with Crippen LogP contribution in [0.15, 0.2) is 0 Å². The molecule has 0 saturated carbocycles. The van der Waals surface area contributed by atoms with Crippen LogP contribution in [0.2, 0.25) is 0 Å². The Kier molecular flexibility index (Phi) is 36.4. The Balaban J connectivity index is -0.000000333. The molecule has 3 heteroatoms. The molecule has 0 N–H and O–H groups in total. The first kappa shape index (κ1) is 27.9. The van der Waals surface area contributed by atoms with Gasteiger partial charge in [0.05, 0.1) is 0 Å². The summed E-state index contributed by atoms with van der Waals surface area (Å²) >= 11 is 0. The minimum absolute atomic E-state index is 0. The van der Waals surface area contributed by atoms with Crippen LogP contribution in [0, 0.1) is 0 Å². The van der Waals surface area contributed by atoms with Crippen LogP contribution in [0.1, 0.15) is 105 Å². The molecule has 0 aliphatic carbocycles. The molecule has 23 heavy (non-hydrogen) atoms. The topological polar surface area (TPSA) is 28.2 Å². The van der Waals surface area contributed by atoms with Gasteiger partial charge in [-0.3, -0.25) is 0 Å². The fourth-order valence-corrected chi connectivity index (χ4v) is 2.12. The molecule has 0 saturated heterocycles. The second kappa shape index (κ2) is 30.0. The maximum atomic E-state index is 4.45. The summed E-state index contributed by atoms with van der Waals surface area (Å²) in [5.74, 6) is 0. The van der Waals surface area contributed by atoms with Gasteiger partial charge >= 0.3 is 10.1 Å². The molecule has 0 bridgehead atoms. The van der Waals surface area contributed by atoms with Crippen molar-refractivity contribution < 1.29 is 0 Å². The van der Waals surface area contributed by atoms with E-state index < -0.39 is 0 Å². The van der Waals surface area contributed by atoms with Crippen molar-refractivity contribution in [2.24, 2.45) is 0 Å². The van der Waals surface area contributed by atoms with E-state index in [2.05, 4.69) is 38.3 Å². The smallest absolute Gasteiger partial charge is 0.662 e.